The fourth-order valence-electron chi connectivity index (χ4n) is 3.09. The maximum atomic E-state index is 11.8. The Bertz CT molecular complexity index is 857. The summed E-state index contributed by atoms with van der Waals surface area (Å²) in [5, 5.41) is 15.0. The van der Waals surface area contributed by atoms with E-state index in [0.717, 1.165) is 25.3 Å². The molecular formula is C16H26N6O3S. The van der Waals surface area contributed by atoms with Crippen LogP contribution in [0.15, 0.2) is 18.5 Å². The van der Waals surface area contributed by atoms with Crippen LogP contribution < -0.4 is 0 Å². The number of fused-ring (bicyclic) bond motifs is 1. The second-order valence-electron chi connectivity index (χ2n) is 6.81. The van der Waals surface area contributed by atoms with E-state index >= 15 is 0 Å². The van der Waals surface area contributed by atoms with E-state index in [-0.39, 0.29) is 5.75 Å². The summed E-state index contributed by atoms with van der Waals surface area (Å²) < 4.78 is 28.6. The van der Waals surface area contributed by atoms with Gasteiger partial charge in [-0.3, -0.25) is 9.58 Å². The van der Waals surface area contributed by atoms with E-state index in [9.17, 15) is 13.5 Å². The van der Waals surface area contributed by atoms with Gasteiger partial charge in [0.05, 0.1) is 23.7 Å². The van der Waals surface area contributed by atoms with E-state index in [1.807, 2.05) is 17.8 Å². The third kappa shape index (κ3) is 3.98. The van der Waals surface area contributed by atoms with Gasteiger partial charge in [-0.1, -0.05) is 0 Å². The van der Waals surface area contributed by atoms with Crippen molar-refractivity contribution in [2.75, 3.05) is 32.9 Å². The predicted molar refractivity (Wildman–Crippen MR) is 96.9 cm³/mol. The quantitative estimate of drug-likeness (QED) is 0.712. The SMILES string of the molecule is CN(C)S(=O)(=O)CCCN1CCn2nc(C(O)c3nccn3C)cc2C1. The first-order valence-electron chi connectivity index (χ1n) is 8.62. The van der Waals surface area contributed by atoms with E-state index < -0.39 is 16.1 Å². The summed E-state index contributed by atoms with van der Waals surface area (Å²) in [5.74, 6) is 0.713. The molecule has 3 rings (SSSR count). The molecule has 10 heteroatoms. The van der Waals surface area contributed by atoms with E-state index in [0.29, 0.717) is 24.5 Å². The summed E-state index contributed by atoms with van der Waals surface area (Å²) in [6, 6.07) is 1.90. The molecule has 9 nitrogen and oxygen atoms in total. The molecule has 0 saturated carbocycles. The lowest BCUT2D eigenvalue weighted by atomic mass is 10.2. The molecule has 0 amide bonds. The second-order valence-corrected chi connectivity index (χ2v) is 9.11. The Kier molecular flexibility index (Phi) is 5.47. The zero-order valence-corrected chi connectivity index (χ0v) is 16.2. The lowest BCUT2D eigenvalue weighted by Crippen LogP contribution is -2.35. The Morgan fingerprint density at radius 3 is 2.77 bits per heavy atom. The van der Waals surface area contributed by atoms with Gasteiger partial charge in [0.25, 0.3) is 0 Å². The lowest BCUT2D eigenvalue weighted by Gasteiger charge is -2.27. The van der Waals surface area contributed by atoms with Crippen molar-refractivity contribution in [1.82, 2.24) is 28.5 Å². The molecule has 0 aliphatic carbocycles. The van der Waals surface area contributed by atoms with Crippen molar-refractivity contribution in [2.45, 2.75) is 25.6 Å². The number of aliphatic hydroxyl groups is 1. The monoisotopic (exact) mass is 382 g/mol. The third-order valence-electron chi connectivity index (χ3n) is 4.71. The molecule has 0 aromatic carbocycles. The maximum absolute atomic E-state index is 11.8. The zero-order chi connectivity index (χ0) is 18.9. The van der Waals surface area contributed by atoms with Gasteiger partial charge in [-0.05, 0) is 19.0 Å². The highest BCUT2D eigenvalue weighted by Gasteiger charge is 2.24. The summed E-state index contributed by atoms with van der Waals surface area (Å²) in [6.45, 7) is 2.95. The van der Waals surface area contributed by atoms with Crippen molar-refractivity contribution < 1.29 is 13.5 Å². The number of imidazole rings is 1. The number of aliphatic hydroxyl groups excluding tert-OH is 1. The van der Waals surface area contributed by atoms with Crippen LogP contribution in [0.25, 0.3) is 0 Å². The highest BCUT2D eigenvalue weighted by atomic mass is 32.2. The van der Waals surface area contributed by atoms with Crippen molar-refractivity contribution >= 4 is 10.0 Å². The first-order valence-corrected chi connectivity index (χ1v) is 10.2. The minimum Gasteiger partial charge on any atom is -0.379 e. The largest absolute Gasteiger partial charge is 0.379 e. The van der Waals surface area contributed by atoms with Crippen LogP contribution in [0, 0.1) is 0 Å². The highest BCUT2D eigenvalue weighted by Crippen LogP contribution is 2.22. The number of nitrogens with zero attached hydrogens (tertiary/aromatic N) is 6. The van der Waals surface area contributed by atoms with Gasteiger partial charge in [0, 0.05) is 46.6 Å². The molecule has 0 saturated heterocycles. The van der Waals surface area contributed by atoms with Crippen molar-refractivity contribution in [3.8, 4) is 0 Å². The highest BCUT2D eigenvalue weighted by molar-refractivity contribution is 7.89. The first-order chi connectivity index (χ1) is 12.3. The van der Waals surface area contributed by atoms with Crippen LogP contribution in [0.2, 0.25) is 0 Å². The number of aryl methyl sites for hydroxylation is 1. The predicted octanol–water partition coefficient (Wildman–Crippen LogP) is -0.205. The fourth-order valence-corrected chi connectivity index (χ4v) is 3.95. The standard InChI is InChI=1S/C16H26N6O3S/c1-19(2)26(24,25)10-4-6-21-8-9-22-13(12-21)11-14(18-22)15(23)16-17-5-7-20(16)3/h5,7,11,15,23H,4,6,8-10,12H2,1-3H3. The van der Waals surface area contributed by atoms with Crippen LogP contribution in [-0.2, 0) is 30.2 Å². The van der Waals surface area contributed by atoms with E-state index in [2.05, 4.69) is 15.0 Å². The lowest BCUT2D eigenvalue weighted by molar-refractivity contribution is 0.196. The van der Waals surface area contributed by atoms with Gasteiger partial charge in [0.2, 0.25) is 10.0 Å². The molecule has 1 atom stereocenters. The minimum atomic E-state index is -3.15. The number of sulfonamides is 1. The Morgan fingerprint density at radius 2 is 2.12 bits per heavy atom. The summed E-state index contributed by atoms with van der Waals surface area (Å²) in [5.41, 5.74) is 1.61. The summed E-state index contributed by atoms with van der Waals surface area (Å²) in [4.78, 5) is 6.40. The molecule has 1 aliphatic heterocycles. The van der Waals surface area contributed by atoms with Gasteiger partial charge in [-0.15, -0.1) is 0 Å². The van der Waals surface area contributed by atoms with Crippen molar-refractivity contribution in [2.24, 2.45) is 7.05 Å². The summed E-state index contributed by atoms with van der Waals surface area (Å²) >= 11 is 0. The Hall–Kier alpha value is -1.75. The molecule has 0 fully saturated rings. The van der Waals surface area contributed by atoms with Crippen LogP contribution in [0.1, 0.15) is 29.7 Å². The van der Waals surface area contributed by atoms with Gasteiger partial charge >= 0.3 is 0 Å². The summed E-state index contributed by atoms with van der Waals surface area (Å²) in [7, 11) is 1.81. The molecule has 26 heavy (non-hydrogen) atoms. The number of hydrogen-bond donors (Lipinski definition) is 1. The molecule has 0 radical (unpaired) electrons. The average Bonchev–Trinajstić information content (AvgIpc) is 3.19. The number of rotatable bonds is 7. The Balaban J connectivity index is 1.61. The topological polar surface area (TPSA) is 96.5 Å². The van der Waals surface area contributed by atoms with Crippen molar-refractivity contribution in [3.63, 3.8) is 0 Å². The van der Waals surface area contributed by atoms with Gasteiger partial charge < -0.3 is 9.67 Å². The molecule has 0 spiro atoms. The molecule has 3 heterocycles. The number of hydrogen-bond acceptors (Lipinski definition) is 6. The van der Waals surface area contributed by atoms with Gasteiger partial charge in [0.15, 0.2) is 6.10 Å². The van der Waals surface area contributed by atoms with Gasteiger partial charge in [-0.2, -0.15) is 5.10 Å². The molecule has 1 N–H and O–H groups in total. The molecule has 144 valence electrons. The van der Waals surface area contributed by atoms with Crippen molar-refractivity contribution in [1.29, 1.82) is 0 Å². The average molecular weight is 382 g/mol. The molecule has 0 bridgehead atoms. The molecule has 1 aliphatic rings. The number of aromatic nitrogens is 4. The van der Waals surface area contributed by atoms with Crippen LogP contribution in [0.3, 0.4) is 0 Å². The fraction of sp³-hybridized carbons (Fsp3) is 0.625. The van der Waals surface area contributed by atoms with E-state index in [1.165, 1.54) is 4.31 Å². The first kappa shape index (κ1) is 19.0. The van der Waals surface area contributed by atoms with Gasteiger partial charge in [0.1, 0.15) is 5.82 Å². The third-order valence-corrected chi connectivity index (χ3v) is 6.63. The maximum Gasteiger partial charge on any atom is 0.213 e. The van der Waals surface area contributed by atoms with Crippen LogP contribution in [-0.4, -0.2) is 75.0 Å². The Morgan fingerprint density at radius 1 is 1.35 bits per heavy atom. The van der Waals surface area contributed by atoms with Gasteiger partial charge in [-0.25, -0.2) is 17.7 Å². The normalized spacial score (nSPS) is 16.8. The second kappa shape index (κ2) is 7.47. The Labute approximate surface area is 153 Å². The minimum absolute atomic E-state index is 0.152. The van der Waals surface area contributed by atoms with Crippen LogP contribution in [0.4, 0.5) is 0 Å². The summed E-state index contributed by atoms with van der Waals surface area (Å²) in [6.07, 6.45) is 3.18. The van der Waals surface area contributed by atoms with Crippen molar-refractivity contribution in [3.05, 3.63) is 35.7 Å². The van der Waals surface area contributed by atoms with Crippen LogP contribution >= 0.6 is 0 Å². The molecule has 2 aromatic rings. The van der Waals surface area contributed by atoms with E-state index in [1.54, 1.807) is 31.1 Å². The zero-order valence-electron chi connectivity index (χ0n) is 15.4. The van der Waals surface area contributed by atoms with E-state index in [4.69, 9.17) is 0 Å². The molecule has 1 unspecified atom stereocenters. The van der Waals surface area contributed by atoms with Crippen LogP contribution in [0.5, 0.6) is 0 Å². The smallest absolute Gasteiger partial charge is 0.213 e. The molecular weight excluding hydrogens is 356 g/mol. The molecule has 2 aromatic heterocycles.